The quantitative estimate of drug-likeness (QED) is 0.114. The highest BCUT2D eigenvalue weighted by atomic mass is 16.5. The third-order valence-corrected chi connectivity index (χ3v) is 7.05. The van der Waals surface area contributed by atoms with Crippen molar-refractivity contribution in [3.05, 3.63) is 102 Å². The zero-order chi connectivity index (χ0) is 31.7. The van der Waals surface area contributed by atoms with E-state index < -0.39 is 5.91 Å². The molecule has 0 bridgehead atoms. The van der Waals surface area contributed by atoms with Crippen molar-refractivity contribution < 1.29 is 14.3 Å². The van der Waals surface area contributed by atoms with E-state index in [-0.39, 0.29) is 17.6 Å². The number of rotatable bonds is 20. The van der Waals surface area contributed by atoms with Gasteiger partial charge < -0.3 is 21.2 Å². The van der Waals surface area contributed by atoms with E-state index in [1.54, 1.807) is 6.92 Å². The van der Waals surface area contributed by atoms with Gasteiger partial charge in [-0.25, -0.2) is 4.98 Å². The average Bonchev–Trinajstić information content (AvgIpc) is 3.03. The van der Waals surface area contributed by atoms with Crippen LogP contribution in [0, 0.1) is 12.1 Å². The molecule has 44 heavy (non-hydrogen) atoms. The molecule has 0 radical (unpaired) electrons. The van der Waals surface area contributed by atoms with Gasteiger partial charge in [-0.3, -0.25) is 14.5 Å². The summed E-state index contributed by atoms with van der Waals surface area (Å²) in [5.41, 5.74) is 0.497. The van der Waals surface area contributed by atoms with Gasteiger partial charge in [0.05, 0.1) is 6.20 Å². The summed E-state index contributed by atoms with van der Waals surface area (Å²) < 4.78 is 0.633. The Labute approximate surface area is 264 Å². The first-order valence-corrected chi connectivity index (χ1v) is 16.0. The molecule has 0 aliphatic carbocycles. The van der Waals surface area contributed by atoms with Gasteiger partial charge in [-0.15, -0.1) is 0 Å². The predicted molar refractivity (Wildman–Crippen MR) is 179 cm³/mol. The van der Waals surface area contributed by atoms with E-state index in [9.17, 15) is 14.8 Å². The van der Waals surface area contributed by atoms with Gasteiger partial charge in [-0.2, -0.15) is 4.73 Å². The van der Waals surface area contributed by atoms with Gasteiger partial charge in [-0.05, 0) is 44.9 Å². The lowest BCUT2D eigenvalue weighted by molar-refractivity contribution is -0.613. The number of aryl methyl sites for hydroxylation is 1. The summed E-state index contributed by atoms with van der Waals surface area (Å²) in [7, 11) is 0. The van der Waals surface area contributed by atoms with Crippen molar-refractivity contribution in [2.45, 2.75) is 71.3 Å². The van der Waals surface area contributed by atoms with E-state index in [2.05, 4.69) is 99.6 Å². The van der Waals surface area contributed by atoms with Gasteiger partial charge in [0.1, 0.15) is 0 Å². The molecule has 9 nitrogen and oxygen atoms in total. The van der Waals surface area contributed by atoms with E-state index >= 15 is 0 Å². The molecule has 3 N–H and O–H groups in total. The van der Waals surface area contributed by atoms with Crippen LogP contribution in [0.25, 0.3) is 0 Å². The van der Waals surface area contributed by atoms with Crippen LogP contribution >= 0.6 is 0 Å². The minimum absolute atomic E-state index is 0.0106. The molecule has 240 valence electrons. The van der Waals surface area contributed by atoms with Crippen LogP contribution < -0.4 is 20.7 Å². The Hall–Kier alpha value is -3.82. The first-order chi connectivity index (χ1) is 21.5. The van der Waals surface area contributed by atoms with Gasteiger partial charge in [0.25, 0.3) is 5.91 Å². The highest BCUT2D eigenvalue weighted by molar-refractivity contribution is 5.91. The Morgan fingerprint density at radius 2 is 1.41 bits per heavy atom. The van der Waals surface area contributed by atoms with Gasteiger partial charge >= 0.3 is 0 Å². The van der Waals surface area contributed by atoms with Crippen LogP contribution in [0.5, 0.6) is 0 Å². The molecular weight excluding hydrogens is 552 g/mol. The van der Waals surface area contributed by atoms with Crippen LogP contribution in [0.4, 0.5) is 0 Å². The molecule has 1 aliphatic heterocycles. The molecule has 1 fully saturated rings. The third kappa shape index (κ3) is 16.7. The highest BCUT2D eigenvalue weighted by Crippen LogP contribution is 2.03. The van der Waals surface area contributed by atoms with E-state index in [1.807, 2.05) is 6.08 Å². The lowest BCUT2D eigenvalue weighted by atomic mass is 10.2. The normalized spacial score (nSPS) is 15.5. The van der Waals surface area contributed by atoms with Gasteiger partial charge in [0.15, 0.2) is 5.69 Å². The number of hydrogen-bond donors (Lipinski definition) is 3. The van der Waals surface area contributed by atoms with Crippen LogP contribution in [0.3, 0.4) is 0 Å². The van der Waals surface area contributed by atoms with Crippen molar-refractivity contribution in [2.24, 2.45) is 0 Å². The fraction of sp³-hybridized carbons (Fsp3) is 0.486. The number of nitrogens with one attached hydrogen (secondary N) is 3. The van der Waals surface area contributed by atoms with E-state index in [0.717, 1.165) is 64.7 Å². The number of aromatic nitrogens is 2. The summed E-state index contributed by atoms with van der Waals surface area (Å²) >= 11 is 0. The van der Waals surface area contributed by atoms with Crippen LogP contribution in [-0.4, -0.2) is 67.0 Å². The van der Waals surface area contributed by atoms with Crippen LogP contribution in [0.1, 0.15) is 74.5 Å². The second kappa shape index (κ2) is 23.6. The lowest BCUT2D eigenvalue weighted by Gasteiger charge is -2.35. The van der Waals surface area contributed by atoms with Crippen molar-refractivity contribution in [2.75, 3.05) is 39.3 Å². The van der Waals surface area contributed by atoms with Crippen molar-refractivity contribution in [3.8, 4) is 0 Å². The molecule has 1 saturated heterocycles. The summed E-state index contributed by atoms with van der Waals surface area (Å²) in [6.07, 6.45) is 35.5. The molecule has 0 saturated carbocycles. The van der Waals surface area contributed by atoms with Gasteiger partial charge in [0.2, 0.25) is 17.8 Å². The Kier molecular flexibility index (Phi) is 19.5. The zero-order valence-corrected chi connectivity index (χ0v) is 26.6. The highest BCUT2D eigenvalue weighted by Gasteiger charge is 2.22. The SMILES string of the molecule is CC/C=C\C/C=C\C/C=C\C/C=C\C/C=C\C/C=C\CCC(=O)NCC(CNC(=O)c1c[n+]([O-])c(C)cn1)N1CCNCC1. The molecule has 1 aromatic heterocycles. The number of nitrogens with zero attached hydrogens (tertiary/aromatic N) is 3. The van der Waals surface area contributed by atoms with Crippen molar-refractivity contribution in [1.29, 1.82) is 0 Å². The predicted octanol–water partition coefficient (Wildman–Crippen LogP) is 4.62. The third-order valence-electron chi connectivity index (χ3n) is 7.05. The average molecular weight is 605 g/mol. The summed E-state index contributed by atoms with van der Waals surface area (Å²) in [6, 6.07) is -0.0549. The van der Waals surface area contributed by atoms with E-state index in [0.29, 0.717) is 36.4 Å². The maximum absolute atomic E-state index is 12.6. The zero-order valence-electron chi connectivity index (χ0n) is 26.6. The lowest BCUT2D eigenvalue weighted by Crippen LogP contribution is -2.55. The molecule has 1 aromatic rings. The molecular formula is C35H52N6O3. The summed E-state index contributed by atoms with van der Waals surface area (Å²) in [5.74, 6) is -0.415. The van der Waals surface area contributed by atoms with Crippen molar-refractivity contribution in [1.82, 2.24) is 25.8 Å². The van der Waals surface area contributed by atoms with Crippen LogP contribution in [0.2, 0.25) is 0 Å². The molecule has 2 amide bonds. The minimum atomic E-state index is -0.404. The number of piperazine rings is 1. The fourth-order valence-corrected chi connectivity index (χ4v) is 4.44. The summed E-state index contributed by atoms with van der Waals surface area (Å²) in [5, 5.41) is 21.0. The summed E-state index contributed by atoms with van der Waals surface area (Å²) in [4.78, 5) is 31.4. The standard InChI is InChI=1S/C35H52N6O3/c1-3-4-5-6-7-8-9-10-11-12-13-14-15-16-17-18-19-20-21-22-34(42)38-28-32(40-25-23-36-24-26-40)29-39-35(43)33-30-41(44)31(2)27-37-33/h4-5,7-8,10-11,13-14,16-17,19-20,27,30,32,36H,3,6,9,12,15,18,21-26,28-29H2,1-2H3,(H,38,42)(H,39,43)/b5-4-,8-7-,11-10-,14-13-,17-16-,20-19-. The monoisotopic (exact) mass is 604 g/mol. The number of carbonyl (C=O) groups excluding carboxylic acids is 2. The molecule has 1 aliphatic rings. The molecule has 2 rings (SSSR count). The first-order valence-electron chi connectivity index (χ1n) is 16.0. The second-order valence-corrected chi connectivity index (χ2v) is 10.6. The molecule has 1 atom stereocenters. The van der Waals surface area contributed by atoms with Gasteiger partial charge in [-0.1, -0.05) is 79.8 Å². The van der Waals surface area contributed by atoms with Gasteiger partial charge in [0, 0.05) is 58.7 Å². The number of amides is 2. The maximum atomic E-state index is 12.6. The summed E-state index contributed by atoms with van der Waals surface area (Å²) in [6.45, 7) is 7.94. The van der Waals surface area contributed by atoms with Crippen LogP contribution in [0.15, 0.2) is 85.3 Å². The van der Waals surface area contributed by atoms with Crippen LogP contribution in [-0.2, 0) is 4.79 Å². The Morgan fingerprint density at radius 1 is 0.886 bits per heavy atom. The smallest absolute Gasteiger partial charge is 0.276 e. The number of carbonyl (C=O) groups is 2. The fourth-order valence-electron chi connectivity index (χ4n) is 4.44. The topological polar surface area (TPSA) is 113 Å². The molecule has 1 unspecified atom stereocenters. The minimum Gasteiger partial charge on any atom is -0.618 e. The van der Waals surface area contributed by atoms with Crippen molar-refractivity contribution in [3.63, 3.8) is 0 Å². The Balaban J connectivity index is 1.60. The second-order valence-electron chi connectivity index (χ2n) is 10.6. The van der Waals surface area contributed by atoms with E-state index in [1.165, 1.54) is 12.4 Å². The molecule has 0 spiro atoms. The molecule has 0 aromatic carbocycles. The Bertz CT molecular complexity index is 1150. The number of hydrogen-bond acceptors (Lipinski definition) is 6. The van der Waals surface area contributed by atoms with E-state index in [4.69, 9.17) is 0 Å². The largest absolute Gasteiger partial charge is 0.618 e. The number of allylic oxidation sites excluding steroid dienone is 12. The molecule has 9 heteroatoms. The molecule has 2 heterocycles. The first kappa shape index (κ1) is 36.4. The maximum Gasteiger partial charge on any atom is 0.276 e. The Morgan fingerprint density at radius 3 is 1.95 bits per heavy atom. The van der Waals surface area contributed by atoms with Crippen molar-refractivity contribution >= 4 is 11.8 Å².